The van der Waals surface area contributed by atoms with Crippen molar-refractivity contribution in [3.63, 3.8) is 0 Å². The average Bonchev–Trinajstić information content (AvgIpc) is 2.77. The Balaban J connectivity index is 2.09. The summed E-state index contributed by atoms with van der Waals surface area (Å²) in [6, 6.07) is 0.00806. The van der Waals surface area contributed by atoms with Gasteiger partial charge in [-0.05, 0) is 20.8 Å². The first-order valence-corrected chi connectivity index (χ1v) is 5.42. The summed E-state index contributed by atoms with van der Waals surface area (Å²) in [6.45, 7) is 6.02. The van der Waals surface area contributed by atoms with Gasteiger partial charge in [-0.25, -0.2) is 4.98 Å². The predicted molar refractivity (Wildman–Crippen MR) is 57.8 cm³/mol. The molecule has 6 nitrogen and oxygen atoms in total. The van der Waals surface area contributed by atoms with Crippen molar-refractivity contribution in [1.82, 2.24) is 25.6 Å². The topological polar surface area (TPSA) is 79.4 Å². The Hall–Kier alpha value is -1.50. The lowest BCUT2D eigenvalue weighted by molar-refractivity contribution is 0.791. The van der Waals surface area contributed by atoms with E-state index in [-0.39, 0.29) is 6.04 Å². The van der Waals surface area contributed by atoms with E-state index in [2.05, 4.69) is 37.8 Å². The average molecular weight is 224 g/mol. The highest BCUT2D eigenvalue weighted by atomic mass is 32.1. The molecule has 1 atom stereocenters. The highest BCUT2D eigenvalue weighted by molar-refractivity contribution is 7.15. The van der Waals surface area contributed by atoms with Gasteiger partial charge < -0.3 is 5.32 Å². The van der Waals surface area contributed by atoms with Crippen LogP contribution in [-0.2, 0) is 0 Å². The molecule has 0 amide bonds. The van der Waals surface area contributed by atoms with E-state index in [1.54, 1.807) is 11.3 Å². The zero-order valence-corrected chi connectivity index (χ0v) is 9.59. The van der Waals surface area contributed by atoms with Crippen molar-refractivity contribution in [3.8, 4) is 0 Å². The molecule has 0 aliphatic heterocycles. The van der Waals surface area contributed by atoms with Crippen LogP contribution in [-0.4, -0.2) is 25.6 Å². The molecule has 0 spiro atoms. The number of aromatic nitrogens is 5. The van der Waals surface area contributed by atoms with Crippen LogP contribution in [0.25, 0.3) is 0 Å². The van der Waals surface area contributed by atoms with Gasteiger partial charge in [0.05, 0.1) is 11.7 Å². The summed E-state index contributed by atoms with van der Waals surface area (Å²) in [4.78, 5) is 5.60. The number of thiazole rings is 1. The predicted octanol–water partition coefficient (Wildman–Crippen LogP) is 1.45. The van der Waals surface area contributed by atoms with Crippen molar-refractivity contribution in [1.29, 1.82) is 0 Å². The van der Waals surface area contributed by atoms with Crippen LogP contribution in [0.3, 0.4) is 0 Å². The fraction of sp³-hybridized carbons (Fsp3) is 0.500. The van der Waals surface area contributed by atoms with Crippen molar-refractivity contribution in [2.24, 2.45) is 0 Å². The quantitative estimate of drug-likeness (QED) is 0.824. The normalized spacial score (nSPS) is 12.7. The van der Waals surface area contributed by atoms with E-state index >= 15 is 0 Å². The molecule has 1 unspecified atom stereocenters. The molecule has 7 heteroatoms. The SMILES string of the molecule is Cc1nc(NC(C)c2nn[nH]n2)sc1C. The van der Waals surface area contributed by atoms with Crippen LogP contribution in [0.5, 0.6) is 0 Å². The van der Waals surface area contributed by atoms with Gasteiger partial charge >= 0.3 is 0 Å². The first-order valence-electron chi connectivity index (χ1n) is 4.60. The molecule has 2 rings (SSSR count). The summed E-state index contributed by atoms with van der Waals surface area (Å²) in [5.41, 5.74) is 1.06. The lowest BCUT2D eigenvalue weighted by atomic mass is 10.3. The maximum absolute atomic E-state index is 4.38. The Bertz CT molecular complexity index is 414. The van der Waals surface area contributed by atoms with Crippen LogP contribution in [0.2, 0.25) is 0 Å². The van der Waals surface area contributed by atoms with Crippen LogP contribution < -0.4 is 5.32 Å². The summed E-state index contributed by atoms with van der Waals surface area (Å²) in [6.07, 6.45) is 0. The molecule has 0 fully saturated rings. The molecule has 0 aromatic carbocycles. The zero-order chi connectivity index (χ0) is 10.8. The van der Waals surface area contributed by atoms with Gasteiger partial charge in [0.1, 0.15) is 0 Å². The van der Waals surface area contributed by atoms with E-state index in [1.165, 1.54) is 4.88 Å². The third-order valence-corrected chi connectivity index (χ3v) is 3.12. The standard InChI is InChI=1S/C8H12N6S/c1-4-6(3)15-8(9-4)10-5(2)7-11-13-14-12-7/h5H,1-3H3,(H,9,10)(H,11,12,13,14). The molecule has 15 heavy (non-hydrogen) atoms. The zero-order valence-electron chi connectivity index (χ0n) is 8.77. The van der Waals surface area contributed by atoms with Gasteiger partial charge in [-0.15, -0.1) is 21.5 Å². The Morgan fingerprint density at radius 3 is 2.73 bits per heavy atom. The van der Waals surface area contributed by atoms with Gasteiger partial charge in [-0.3, -0.25) is 0 Å². The number of anilines is 1. The summed E-state index contributed by atoms with van der Waals surface area (Å²) in [5.74, 6) is 0.639. The fourth-order valence-corrected chi connectivity index (χ4v) is 2.04. The van der Waals surface area contributed by atoms with Gasteiger partial charge in [-0.2, -0.15) is 5.21 Å². The van der Waals surface area contributed by atoms with E-state index in [9.17, 15) is 0 Å². The molecule has 2 aromatic rings. The third-order valence-electron chi connectivity index (χ3n) is 2.12. The van der Waals surface area contributed by atoms with Gasteiger partial charge in [0, 0.05) is 4.88 Å². The van der Waals surface area contributed by atoms with E-state index < -0.39 is 0 Å². The Morgan fingerprint density at radius 2 is 2.20 bits per heavy atom. The summed E-state index contributed by atoms with van der Waals surface area (Å²) >= 11 is 1.63. The van der Waals surface area contributed by atoms with Crippen LogP contribution in [0.1, 0.15) is 29.4 Å². The molecule has 2 N–H and O–H groups in total. The molecule has 0 bridgehead atoms. The minimum absolute atomic E-state index is 0.00806. The van der Waals surface area contributed by atoms with Gasteiger partial charge in [0.15, 0.2) is 11.0 Å². The molecule has 0 saturated carbocycles. The maximum Gasteiger partial charge on any atom is 0.196 e. The van der Waals surface area contributed by atoms with E-state index in [4.69, 9.17) is 0 Å². The molecule has 2 heterocycles. The van der Waals surface area contributed by atoms with E-state index in [1.807, 2.05) is 13.8 Å². The lowest BCUT2D eigenvalue weighted by Gasteiger charge is -2.06. The minimum Gasteiger partial charge on any atom is -0.352 e. The number of tetrazole rings is 1. The van der Waals surface area contributed by atoms with Gasteiger partial charge in [-0.1, -0.05) is 5.21 Å². The van der Waals surface area contributed by atoms with Gasteiger partial charge in [0.25, 0.3) is 0 Å². The van der Waals surface area contributed by atoms with Crippen molar-refractivity contribution in [2.75, 3.05) is 5.32 Å². The Morgan fingerprint density at radius 1 is 1.40 bits per heavy atom. The summed E-state index contributed by atoms with van der Waals surface area (Å²) in [5, 5.41) is 17.9. The monoisotopic (exact) mass is 224 g/mol. The first-order chi connectivity index (χ1) is 7.16. The molecule has 0 saturated heterocycles. The van der Waals surface area contributed by atoms with Crippen LogP contribution >= 0.6 is 11.3 Å². The van der Waals surface area contributed by atoms with Crippen LogP contribution in [0, 0.1) is 13.8 Å². The van der Waals surface area contributed by atoms with Crippen LogP contribution in [0.15, 0.2) is 0 Å². The van der Waals surface area contributed by atoms with Crippen molar-refractivity contribution in [3.05, 3.63) is 16.4 Å². The molecule has 0 aliphatic rings. The molecule has 0 radical (unpaired) electrons. The van der Waals surface area contributed by atoms with Gasteiger partial charge in [0.2, 0.25) is 0 Å². The molecule has 0 aliphatic carbocycles. The summed E-state index contributed by atoms with van der Waals surface area (Å²) in [7, 11) is 0. The highest BCUT2D eigenvalue weighted by Crippen LogP contribution is 2.24. The lowest BCUT2D eigenvalue weighted by Crippen LogP contribution is -2.08. The number of nitrogens with one attached hydrogen (secondary N) is 2. The molecule has 80 valence electrons. The number of hydrogen-bond acceptors (Lipinski definition) is 6. The number of hydrogen-bond donors (Lipinski definition) is 2. The second-order valence-corrected chi connectivity index (χ2v) is 4.50. The molecular formula is C8H12N6S. The first kappa shape index (κ1) is 10.0. The number of rotatable bonds is 3. The fourth-order valence-electron chi connectivity index (χ4n) is 1.14. The second-order valence-electron chi connectivity index (χ2n) is 3.30. The molecule has 2 aromatic heterocycles. The van der Waals surface area contributed by atoms with E-state index in [0.717, 1.165) is 10.8 Å². The number of H-pyrrole nitrogens is 1. The summed E-state index contributed by atoms with van der Waals surface area (Å²) < 4.78 is 0. The largest absolute Gasteiger partial charge is 0.352 e. The van der Waals surface area contributed by atoms with Crippen LogP contribution in [0.4, 0.5) is 5.13 Å². The second kappa shape index (κ2) is 3.93. The maximum atomic E-state index is 4.38. The molecular weight excluding hydrogens is 212 g/mol. The van der Waals surface area contributed by atoms with Crippen molar-refractivity contribution in [2.45, 2.75) is 26.8 Å². The van der Waals surface area contributed by atoms with E-state index in [0.29, 0.717) is 5.82 Å². The number of aryl methyl sites for hydroxylation is 2. The van der Waals surface area contributed by atoms with Crippen molar-refractivity contribution >= 4 is 16.5 Å². The Kier molecular flexibility index (Phi) is 2.63. The number of aromatic amines is 1. The smallest absolute Gasteiger partial charge is 0.196 e. The highest BCUT2D eigenvalue weighted by Gasteiger charge is 2.12. The third kappa shape index (κ3) is 2.12. The Labute approximate surface area is 91.1 Å². The van der Waals surface area contributed by atoms with Crippen molar-refractivity contribution < 1.29 is 0 Å². The minimum atomic E-state index is 0.00806. The number of nitrogens with zero attached hydrogens (tertiary/aromatic N) is 4.